The zero-order valence-electron chi connectivity index (χ0n) is 23.3. The predicted octanol–water partition coefficient (Wildman–Crippen LogP) is 6.55. The Balaban J connectivity index is 1.43. The van der Waals surface area contributed by atoms with Crippen LogP contribution in [0.3, 0.4) is 0 Å². The number of hydrogen-bond acceptors (Lipinski definition) is 5. The number of esters is 2. The van der Waals surface area contributed by atoms with Gasteiger partial charge in [-0.2, -0.15) is 0 Å². The molecule has 0 N–H and O–H groups in total. The van der Waals surface area contributed by atoms with Gasteiger partial charge in [0.2, 0.25) is 0 Å². The van der Waals surface area contributed by atoms with Crippen LogP contribution in [0.15, 0.2) is 16.6 Å². The van der Waals surface area contributed by atoms with Gasteiger partial charge in [-0.1, -0.05) is 39.3 Å². The highest BCUT2D eigenvalue weighted by molar-refractivity contribution is 5.87. The van der Waals surface area contributed by atoms with E-state index in [9.17, 15) is 9.59 Å². The first-order chi connectivity index (χ1) is 17.0. The summed E-state index contributed by atoms with van der Waals surface area (Å²) in [6.45, 7) is 13.7. The summed E-state index contributed by atoms with van der Waals surface area (Å²) in [4.78, 5) is 28.8. The van der Waals surface area contributed by atoms with Crippen LogP contribution in [0.5, 0.6) is 0 Å². The topological polar surface area (TPSA) is 65.0 Å². The molecule has 0 radical (unpaired) electrons. The summed E-state index contributed by atoms with van der Waals surface area (Å²) >= 11 is 0. The van der Waals surface area contributed by atoms with Crippen molar-refractivity contribution in [3.8, 4) is 0 Å². The Labute approximate surface area is 217 Å². The normalized spacial score (nSPS) is 44.8. The average molecular weight is 498 g/mol. The number of rotatable bonds is 4. The van der Waals surface area contributed by atoms with E-state index in [0.717, 1.165) is 45.1 Å². The summed E-state index contributed by atoms with van der Waals surface area (Å²) in [5, 5.41) is 0. The molecule has 0 spiro atoms. The minimum absolute atomic E-state index is 0.00816. The quantitative estimate of drug-likeness (QED) is 0.326. The second-order valence-electron chi connectivity index (χ2n) is 13.5. The third kappa shape index (κ3) is 4.36. The van der Waals surface area contributed by atoms with Crippen LogP contribution in [0.4, 0.5) is 0 Å². The van der Waals surface area contributed by atoms with E-state index in [1.165, 1.54) is 37.5 Å². The zero-order chi connectivity index (χ0) is 25.8. The predicted molar refractivity (Wildman–Crippen MR) is 142 cm³/mol. The van der Waals surface area contributed by atoms with E-state index in [2.05, 4.69) is 33.8 Å². The van der Waals surface area contributed by atoms with Crippen molar-refractivity contribution in [3.63, 3.8) is 0 Å². The van der Waals surface area contributed by atoms with Crippen LogP contribution < -0.4 is 0 Å². The van der Waals surface area contributed by atoms with Gasteiger partial charge in [0.25, 0.3) is 0 Å². The summed E-state index contributed by atoms with van der Waals surface area (Å²) < 4.78 is 11.7. The van der Waals surface area contributed by atoms with Crippen molar-refractivity contribution < 1.29 is 19.1 Å². The van der Waals surface area contributed by atoms with Gasteiger partial charge in [-0.3, -0.25) is 14.6 Å². The summed E-state index contributed by atoms with van der Waals surface area (Å²) in [6.07, 6.45) is 12.3. The summed E-state index contributed by atoms with van der Waals surface area (Å²) in [6, 6.07) is 0. The first-order valence-electron chi connectivity index (χ1n) is 14.6. The number of nitrogens with zero attached hydrogens (tertiary/aromatic N) is 1. The maximum atomic E-state index is 12.2. The fourth-order valence-electron chi connectivity index (χ4n) is 9.63. The molecule has 1 heterocycles. The third-order valence-electron chi connectivity index (χ3n) is 11.4. The van der Waals surface area contributed by atoms with Crippen LogP contribution in [0.25, 0.3) is 0 Å². The number of carbonyl (C=O) groups is 2. The molecule has 36 heavy (non-hydrogen) atoms. The third-order valence-corrected chi connectivity index (χ3v) is 11.4. The van der Waals surface area contributed by atoms with Crippen LogP contribution in [-0.2, 0) is 19.1 Å². The molecule has 0 aromatic rings. The molecule has 5 heteroatoms. The molecule has 5 aliphatic rings. The van der Waals surface area contributed by atoms with Crippen molar-refractivity contribution >= 4 is 17.7 Å². The largest absolute Gasteiger partial charge is 0.462 e. The van der Waals surface area contributed by atoms with E-state index in [-0.39, 0.29) is 35.0 Å². The van der Waals surface area contributed by atoms with Gasteiger partial charge in [-0.05, 0) is 85.9 Å². The summed E-state index contributed by atoms with van der Waals surface area (Å²) in [5.41, 5.74) is 3.25. The van der Waals surface area contributed by atoms with Crippen molar-refractivity contribution in [2.75, 3.05) is 6.54 Å². The van der Waals surface area contributed by atoms with Crippen LogP contribution >= 0.6 is 0 Å². The fraction of sp³-hybridized carbons (Fsp3) is 0.839. The van der Waals surface area contributed by atoms with Crippen molar-refractivity contribution in [1.82, 2.24) is 0 Å². The Morgan fingerprint density at radius 2 is 1.81 bits per heavy atom. The molecule has 0 unspecified atom stereocenters. The lowest BCUT2D eigenvalue weighted by atomic mass is 9.47. The number of aliphatic imine (C=N–C) groups is 1. The van der Waals surface area contributed by atoms with E-state index in [0.29, 0.717) is 35.5 Å². The van der Waals surface area contributed by atoms with E-state index in [4.69, 9.17) is 14.5 Å². The highest BCUT2D eigenvalue weighted by Crippen LogP contribution is 2.67. The summed E-state index contributed by atoms with van der Waals surface area (Å²) in [5.74, 6) is 2.93. The Hall–Kier alpha value is -1.65. The smallest absolute Gasteiger partial charge is 0.302 e. The van der Waals surface area contributed by atoms with Crippen LogP contribution in [0, 0.1) is 46.3 Å². The molecule has 10 atom stereocenters. The molecule has 5 nitrogen and oxygen atoms in total. The lowest BCUT2D eigenvalue weighted by molar-refractivity contribution is -0.150. The van der Waals surface area contributed by atoms with Gasteiger partial charge in [-0.15, -0.1) is 0 Å². The first-order valence-corrected chi connectivity index (χ1v) is 14.6. The highest BCUT2D eigenvalue weighted by atomic mass is 16.5. The SMILES string of the molecule is CC(=O)O[C@@H]1CC[C@@]2(C)C(=CC[C@H]3[C@H]2CC[C@]2(C)[C@@H]([C@H](C)C4=NC[C@H](C)CC4)[C@@H](OC(C)=O)C[C@@H]32)C1. The Bertz CT molecular complexity index is 954. The van der Waals surface area contributed by atoms with Gasteiger partial charge < -0.3 is 9.47 Å². The molecule has 4 aliphatic carbocycles. The molecule has 0 aromatic heterocycles. The molecule has 3 fully saturated rings. The number of carbonyl (C=O) groups excluding carboxylic acids is 2. The van der Waals surface area contributed by atoms with Gasteiger partial charge >= 0.3 is 11.9 Å². The van der Waals surface area contributed by atoms with Gasteiger partial charge in [0.05, 0.1) is 0 Å². The molecule has 0 amide bonds. The molecule has 3 saturated carbocycles. The molecule has 0 bridgehead atoms. The molecular weight excluding hydrogens is 450 g/mol. The minimum Gasteiger partial charge on any atom is -0.462 e. The standard InChI is InChI=1S/C31H47NO4/c1-18-7-10-27(32-17-18)19(2)29-28(36-21(4)34)16-26-24-9-8-22-15-23(35-20(3)33)11-13-30(22,5)25(24)12-14-31(26,29)6/h8,18-19,23-26,28-29H,7,9-17H2,1-6H3/t18-,19-,23-,24+,25-,26+,28+,29+,30+,31+/m1/s1. The molecule has 5 rings (SSSR count). The van der Waals surface area contributed by atoms with Crippen LogP contribution in [-0.4, -0.2) is 36.4 Å². The van der Waals surface area contributed by atoms with E-state index in [1.54, 1.807) is 6.92 Å². The molecule has 0 aromatic carbocycles. The minimum atomic E-state index is -0.161. The van der Waals surface area contributed by atoms with Gasteiger partial charge in [0.1, 0.15) is 12.2 Å². The van der Waals surface area contributed by atoms with Crippen molar-refractivity contribution in [3.05, 3.63) is 11.6 Å². The lowest BCUT2D eigenvalue weighted by Crippen LogP contribution is -2.51. The first kappa shape index (κ1) is 26.0. The maximum absolute atomic E-state index is 12.2. The van der Waals surface area contributed by atoms with Crippen molar-refractivity contribution in [2.45, 2.75) is 112 Å². The van der Waals surface area contributed by atoms with E-state index < -0.39 is 0 Å². The number of ether oxygens (including phenoxy) is 2. The Morgan fingerprint density at radius 1 is 1.06 bits per heavy atom. The highest BCUT2D eigenvalue weighted by Gasteiger charge is 2.63. The van der Waals surface area contributed by atoms with E-state index in [1.807, 2.05) is 0 Å². The summed E-state index contributed by atoms with van der Waals surface area (Å²) in [7, 11) is 0. The molecular formula is C31H47NO4. The number of hydrogen-bond donors (Lipinski definition) is 0. The van der Waals surface area contributed by atoms with Gasteiger partial charge in [0, 0.05) is 44.4 Å². The number of fused-ring (bicyclic) bond motifs is 5. The second kappa shape index (κ2) is 9.58. The molecule has 200 valence electrons. The van der Waals surface area contributed by atoms with E-state index >= 15 is 0 Å². The van der Waals surface area contributed by atoms with Gasteiger partial charge in [-0.25, -0.2) is 0 Å². The van der Waals surface area contributed by atoms with Crippen LogP contribution in [0.2, 0.25) is 0 Å². The number of allylic oxidation sites excluding steroid dienone is 1. The van der Waals surface area contributed by atoms with Crippen LogP contribution in [0.1, 0.15) is 99.3 Å². The lowest BCUT2D eigenvalue weighted by Gasteiger charge is -2.58. The molecule has 1 aliphatic heterocycles. The maximum Gasteiger partial charge on any atom is 0.302 e. The zero-order valence-corrected chi connectivity index (χ0v) is 23.3. The molecule has 0 saturated heterocycles. The van der Waals surface area contributed by atoms with Crippen molar-refractivity contribution in [1.29, 1.82) is 0 Å². The van der Waals surface area contributed by atoms with Gasteiger partial charge in [0.15, 0.2) is 0 Å². The Morgan fingerprint density at radius 3 is 2.47 bits per heavy atom. The average Bonchev–Trinajstić information content (AvgIpc) is 3.10. The Kier molecular flexibility index (Phi) is 6.91. The second-order valence-corrected chi connectivity index (χ2v) is 13.5. The van der Waals surface area contributed by atoms with Crippen molar-refractivity contribution in [2.24, 2.45) is 51.3 Å². The monoisotopic (exact) mass is 497 g/mol. The fourth-order valence-corrected chi connectivity index (χ4v) is 9.63.